The Balaban J connectivity index is 2.66. The first-order valence-electron chi connectivity index (χ1n) is 6.02. The topological polar surface area (TPSA) is 87.5 Å². The average Bonchev–Trinajstić information content (AvgIpc) is 2.38. The summed E-state index contributed by atoms with van der Waals surface area (Å²) in [6.07, 6.45) is 0. The van der Waals surface area contributed by atoms with Crippen LogP contribution >= 0.6 is 0 Å². The van der Waals surface area contributed by atoms with E-state index in [0.29, 0.717) is 5.69 Å². The number of rotatable bonds is 4. The number of benzene rings is 1. The van der Waals surface area contributed by atoms with Crippen molar-refractivity contribution < 1.29 is 9.59 Å². The van der Waals surface area contributed by atoms with E-state index in [0.717, 1.165) is 5.56 Å². The minimum atomic E-state index is -0.342. The number of nitrogens with two attached hydrogens (primary N) is 1. The molecule has 6 heteroatoms. The summed E-state index contributed by atoms with van der Waals surface area (Å²) in [6.45, 7) is 1.88. The third kappa shape index (κ3) is 4.59. The van der Waals surface area contributed by atoms with Gasteiger partial charge >= 0.3 is 6.03 Å². The van der Waals surface area contributed by atoms with E-state index >= 15 is 0 Å². The number of urea groups is 1. The minimum absolute atomic E-state index is 0.00924. The number of nitrogens with one attached hydrogen (secondary N) is 2. The van der Waals surface area contributed by atoms with Crippen molar-refractivity contribution >= 4 is 17.6 Å². The summed E-state index contributed by atoms with van der Waals surface area (Å²) < 4.78 is 0. The molecule has 0 saturated heterocycles. The summed E-state index contributed by atoms with van der Waals surface area (Å²) in [6, 6.07) is 6.88. The monoisotopic (exact) mass is 264 g/mol. The molecule has 0 aliphatic carbocycles. The SMILES string of the molecule is CNC(=O)CN(C)C(=O)Nc1cccc(C(C)N)c1. The van der Waals surface area contributed by atoms with E-state index < -0.39 is 0 Å². The summed E-state index contributed by atoms with van der Waals surface area (Å²) >= 11 is 0. The Morgan fingerprint density at radius 3 is 2.68 bits per heavy atom. The first kappa shape index (κ1) is 15.0. The van der Waals surface area contributed by atoms with Crippen molar-refractivity contribution in [3.8, 4) is 0 Å². The van der Waals surface area contributed by atoms with Crippen LogP contribution in [0.15, 0.2) is 24.3 Å². The third-order valence-electron chi connectivity index (χ3n) is 2.67. The Morgan fingerprint density at radius 1 is 1.42 bits per heavy atom. The lowest BCUT2D eigenvalue weighted by Gasteiger charge is -2.17. The third-order valence-corrected chi connectivity index (χ3v) is 2.67. The van der Waals surface area contributed by atoms with E-state index in [1.165, 1.54) is 11.9 Å². The molecule has 0 heterocycles. The van der Waals surface area contributed by atoms with Gasteiger partial charge in [0.25, 0.3) is 0 Å². The second-order valence-corrected chi connectivity index (χ2v) is 4.37. The van der Waals surface area contributed by atoms with Crippen LogP contribution < -0.4 is 16.4 Å². The number of hydrogen-bond acceptors (Lipinski definition) is 3. The van der Waals surface area contributed by atoms with Crippen molar-refractivity contribution in [2.45, 2.75) is 13.0 Å². The van der Waals surface area contributed by atoms with Gasteiger partial charge in [0, 0.05) is 25.8 Å². The number of amides is 3. The molecule has 6 nitrogen and oxygen atoms in total. The highest BCUT2D eigenvalue weighted by atomic mass is 16.2. The normalized spacial score (nSPS) is 11.6. The first-order chi connectivity index (χ1) is 8.93. The summed E-state index contributed by atoms with van der Waals surface area (Å²) in [7, 11) is 3.08. The average molecular weight is 264 g/mol. The van der Waals surface area contributed by atoms with Crippen LogP contribution in [-0.4, -0.2) is 37.5 Å². The predicted octanol–water partition coefficient (Wildman–Crippen LogP) is 0.916. The molecule has 1 rings (SSSR count). The van der Waals surface area contributed by atoms with E-state index in [4.69, 9.17) is 5.73 Å². The van der Waals surface area contributed by atoms with Crippen LogP contribution in [0.4, 0.5) is 10.5 Å². The van der Waals surface area contributed by atoms with Gasteiger partial charge < -0.3 is 21.3 Å². The molecule has 104 valence electrons. The van der Waals surface area contributed by atoms with Crippen LogP contribution in [0.25, 0.3) is 0 Å². The number of anilines is 1. The first-order valence-corrected chi connectivity index (χ1v) is 6.02. The van der Waals surface area contributed by atoms with Gasteiger partial charge in [0.1, 0.15) is 6.54 Å². The number of likely N-dealkylation sites (N-methyl/N-ethyl adjacent to an activating group) is 2. The molecule has 1 atom stereocenters. The molecule has 3 amide bonds. The maximum absolute atomic E-state index is 11.8. The summed E-state index contributed by atoms with van der Waals surface area (Å²) in [5.41, 5.74) is 7.37. The molecule has 1 aromatic carbocycles. The van der Waals surface area contributed by atoms with Gasteiger partial charge in [-0.2, -0.15) is 0 Å². The fourth-order valence-electron chi connectivity index (χ4n) is 1.48. The zero-order valence-corrected chi connectivity index (χ0v) is 11.4. The molecule has 0 bridgehead atoms. The molecular formula is C13H20N4O2. The molecule has 0 fully saturated rings. The zero-order valence-electron chi connectivity index (χ0n) is 11.4. The zero-order chi connectivity index (χ0) is 14.4. The van der Waals surface area contributed by atoms with Crippen molar-refractivity contribution in [2.75, 3.05) is 26.0 Å². The highest BCUT2D eigenvalue weighted by Crippen LogP contribution is 2.15. The minimum Gasteiger partial charge on any atom is -0.358 e. The number of carbonyl (C=O) groups excluding carboxylic acids is 2. The molecular weight excluding hydrogens is 244 g/mol. The van der Waals surface area contributed by atoms with Gasteiger partial charge in [-0.05, 0) is 24.6 Å². The highest BCUT2D eigenvalue weighted by molar-refractivity contribution is 5.92. The van der Waals surface area contributed by atoms with Crippen LogP contribution in [0, 0.1) is 0 Å². The van der Waals surface area contributed by atoms with E-state index in [1.807, 2.05) is 25.1 Å². The smallest absolute Gasteiger partial charge is 0.322 e. The second-order valence-electron chi connectivity index (χ2n) is 4.37. The molecule has 1 unspecified atom stereocenters. The van der Waals surface area contributed by atoms with Crippen molar-refractivity contribution in [1.29, 1.82) is 0 Å². The highest BCUT2D eigenvalue weighted by Gasteiger charge is 2.12. The lowest BCUT2D eigenvalue weighted by molar-refractivity contribution is -0.120. The maximum atomic E-state index is 11.8. The fraction of sp³-hybridized carbons (Fsp3) is 0.385. The fourth-order valence-corrected chi connectivity index (χ4v) is 1.48. The Labute approximate surface area is 113 Å². The largest absolute Gasteiger partial charge is 0.358 e. The van der Waals surface area contributed by atoms with Gasteiger partial charge in [0.2, 0.25) is 5.91 Å². The van der Waals surface area contributed by atoms with Crippen LogP contribution in [0.3, 0.4) is 0 Å². The van der Waals surface area contributed by atoms with Gasteiger partial charge in [-0.3, -0.25) is 4.79 Å². The summed E-state index contributed by atoms with van der Waals surface area (Å²) in [5.74, 6) is -0.220. The van der Waals surface area contributed by atoms with Crippen LogP contribution in [0.2, 0.25) is 0 Å². The van der Waals surface area contributed by atoms with Gasteiger partial charge in [-0.1, -0.05) is 12.1 Å². The Bertz CT molecular complexity index is 460. The van der Waals surface area contributed by atoms with Gasteiger partial charge in [-0.15, -0.1) is 0 Å². The molecule has 0 radical (unpaired) electrons. The molecule has 4 N–H and O–H groups in total. The van der Waals surface area contributed by atoms with Gasteiger partial charge in [0.15, 0.2) is 0 Å². The van der Waals surface area contributed by atoms with Crippen molar-refractivity contribution in [3.05, 3.63) is 29.8 Å². The quantitative estimate of drug-likeness (QED) is 0.755. The van der Waals surface area contributed by atoms with Crippen LogP contribution in [-0.2, 0) is 4.79 Å². The van der Waals surface area contributed by atoms with Crippen molar-refractivity contribution in [1.82, 2.24) is 10.2 Å². The van der Waals surface area contributed by atoms with Crippen molar-refractivity contribution in [2.24, 2.45) is 5.73 Å². The summed E-state index contributed by atoms with van der Waals surface area (Å²) in [4.78, 5) is 24.3. The van der Waals surface area contributed by atoms with Gasteiger partial charge in [0.05, 0.1) is 0 Å². The molecule has 0 saturated carbocycles. The molecule has 1 aromatic rings. The standard InChI is InChI=1S/C13H20N4O2/c1-9(14)10-5-4-6-11(7-10)16-13(19)17(3)8-12(18)15-2/h4-7,9H,8,14H2,1-3H3,(H,15,18)(H,16,19). The van der Waals surface area contributed by atoms with E-state index in [2.05, 4.69) is 10.6 Å². The van der Waals surface area contributed by atoms with Gasteiger partial charge in [-0.25, -0.2) is 4.79 Å². The molecule has 0 spiro atoms. The van der Waals surface area contributed by atoms with E-state index in [9.17, 15) is 9.59 Å². The lowest BCUT2D eigenvalue weighted by Crippen LogP contribution is -2.39. The Hall–Kier alpha value is -2.08. The van der Waals surface area contributed by atoms with Crippen molar-refractivity contribution in [3.63, 3.8) is 0 Å². The Kier molecular flexibility index (Phi) is 5.32. The molecule has 0 aliphatic heterocycles. The van der Waals surface area contributed by atoms with Crippen LogP contribution in [0.1, 0.15) is 18.5 Å². The summed E-state index contributed by atoms with van der Waals surface area (Å²) in [5, 5.41) is 5.18. The molecule has 19 heavy (non-hydrogen) atoms. The molecule has 0 aromatic heterocycles. The number of hydrogen-bond donors (Lipinski definition) is 3. The Morgan fingerprint density at radius 2 is 2.11 bits per heavy atom. The van der Waals surface area contributed by atoms with E-state index in [-0.39, 0.29) is 24.5 Å². The number of nitrogens with zero attached hydrogens (tertiary/aromatic N) is 1. The lowest BCUT2D eigenvalue weighted by atomic mass is 10.1. The second kappa shape index (κ2) is 6.75. The molecule has 0 aliphatic rings. The predicted molar refractivity (Wildman–Crippen MR) is 74.8 cm³/mol. The van der Waals surface area contributed by atoms with E-state index in [1.54, 1.807) is 13.1 Å². The van der Waals surface area contributed by atoms with Crippen LogP contribution in [0.5, 0.6) is 0 Å². The number of carbonyl (C=O) groups is 2. The maximum Gasteiger partial charge on any atom is 0.322 e.